The average Bonchev–Trinajstić information content (AvgIpc) is 3.16. The topological polar surface area (TPSA) is 77.2 Å². The van der Waals surface area contributed by atoms with Gasteiger partial charge in [0.1, 0.15) is 5.75 Å². The molecule has 0 spiro atoms. The van der Waals surface area contributed by atoms with Crippen molar-refractivity contribution in [3.8, 4) is 28.6 Å². The zero-order chi connectivity index (χ0) is 18.4. The zero-order valence-electron chi connectivity index (χ0n) is 14.9. The monoisotopic (exact) mass is 351 g/mol. The summed E-state index contributed by atoms with van der Waals surface area (Å²) in [6.07, 6.45) is 0.898. The maximum atomic E-state index is 11.6. The van der Waals surface area contributed by atoms with Gasteiger partial charge in [0.15, 0.2) is 6.61 Å². The molecule has 0 radical (unpaired) electrons. The molecule has 0 saturated carbocycles. The van der Waals surface area contributed by atoms with Crippen molar-refractivity contribution in [3.05, 3.63) is 54.1 Å². The molecule has 6 nitrogen and oxygen atoms in total. The first-order valence-corrected chi connectivity index (χ1v) is 8.56. The Morgan fingerprint density at radius 2 is 1.77 bits per heavy atom. The van der Waals surface area contributed by atoms with Crippen LogP contribution in [0.1, 0.15) is 18.9 Å². The normalized spacial score (nSPS) is 10.5. The second-order valence-corrected chi connectivity index (χ2v) is 5.95. The highest BCUT2D eigenvalue weighted by Gasteiger charge is 2.11. The summed E-state index contributed by atoms with van der Waals surface area (Å²) in [7, 11) is 0. The summed E-state index contributed by atoms with van der Waals surface area (Å²) in [5, 5.41) is 6.80. The Kier molecular flexibility index (Phi) is 5.63. The van der Waals surface area contributed by atoms with Crippen molar-refractivity contribution in [2.45, 2.75) is 20.3 Å². The van der Waals surface area contributed by atoms with Gasteiger partial charge in [-0.3, -0.25) is 4.79 Å². The predicted molar refractivity (Wildman–Crippen MR) is 98.7 cm³/mol. The minimum Gasteiger partial charge on any atom is -0.484 e. The highest BCUT2D eigenvalue weighted by Crippen LogP contribution is 2.24. The number of ether oxygens (including phenoxy) is 1. The molecule has 0 atom stereocenters. The van der Waals surface area contributed by atoms with E-state index in [1.807, 2.05) is 50.2 Å². The summed E-state index contributed by atoms with van der Waals surface area (Å²) in [6.45, 7) is 4.68. The lowest BCUT2D eigenvalue weighted by atomic mass is 10.1. The van der Waals surface area contributed by atoms with Crippen LogP contribution >= 0.6 is 0 Å². The van der Waals surface area contributed by atoms with Gasteiger partial charge in [0.05, 0.1) is 0 Å². The molecule has 0 bridgehead atoms. The molecular formula is C20H21N3O3. The molecule has 1 aromatic heterocycles. The SMILES string of the molecule is CCCNC(=O)COc1ccc(-c2nc(-c3ccc(C)cc3)no2)cc1. The Morgan fingerprint density at radius 3 is 2.46 bits per heavy atom. The molecule has 0 fully saturated rings. The van der Waals surface area contributed by atoms with E-state index in [9.17, 15) is 4.79 Å². The molecule has 6 heteroatoms. The minimum atomic E-state index is -0.129. The van der Waals surface area contributed by atoms with Gasteiger partial charge in [-0.05, 0) is 37.6 Å². The molecular weight excluding hydrogens is 330 g/mol. The van der Waals surface area contributed by atoms with Crippen molar-refractivity contribution < 1.29 is 14.1 Å². The van der Waals surface area contributed by atoms with Crippen LogP contribution in [0, 0.1) is 6.92 Å². The highest BCUT2D eigenvalue weighted by molar-refractivity contribution is 5.77. The Balaban J connectivity index is 1.64. The molecule has 0 saturated heterocycles. The summed E-state index contributed by atoms with van der Waals surface area (Å²) < 4.78 is 10.8. The highest BCUT2D eigenvalue weighted by atomic mass is 16.5. The molecule has 26 heavy (non-hydrogen) atoms. The van der Waals surface area contributed by atoms with Crippen LogP contribution in [0.2, 0.25) is 0 Å². The molecule has 0 unspecified atom stereocenters. The fourth-order valence-electron chi connectivity index (χ4n) is 2.32. The van der Waals surface area contributed by atoms with Gasteiger partial charge in [0.2, 0.25) is 5.82 Å². The number of rotatable bonds is 7. The van der Waals surface area contributed by atoms with E-state index in [0.717, 1.165) is 17.5 Å². The smallest absolute Gasteiger partial charge is 0.258 e. The molecule has 1 heterocycles. The Hall–Kier alpha value is -3.15. The lowest BCUT2D eigenvalue weighted by Crippen LogP contribution is -2.29. The van der Waals surface area contributed by atoms with Crippen LogP contribution in [-0.4, -0.2) is 29.2 Å². The number of aryl methyl sites for hydroxylation is 1. The van der Waals surface area contributed by atoms with E-state index in [0.29, 0.717) is 24.0 Å². The van der Waals surface area contributed by atoms with Crippen LogP contribution in [-0.2, 0) is 4.79 Å². The molecule has 0 aliphatic carbocycles. The number of carbonyl (C=O) groups excluding carboxylic acids is 1. The third kappa shape index (κ3) is 4.47. The maximum Gasteiger partial charge on any atom is 0.258 e. The van der Waals surface area contributed by atoms with E-state index in [4.69, 9.17) is 9.26 Å². The number of nitrogens with zero attached hydrogens (tertiary/aromatic N) is 2. The average molecular weight is 351 g/mol. The Bertz CT molecular complexity index is 855. The molecule has 1 amide bonds. The van der Waals surface area contributed by atoms with Gasteiger partial charge < -0.3 is 14.6 Å². The van der Waals surface area contributed by atoms with E-state index < -0.39 is 0 Å². The maximum absolute atomic E-state index is 11.6. The largest absolute Gasteiger partial charge is 0.484 e. The predicted octanol–water partition coefficient (Wildman–Crippen LogP) is 3.62. The van der Waals surface area contributed by atoms with Crippen LogP contribution < -0.4 is 10.1 Å². The lowest BCUT2D eigenvalue weighted by Gasteiger charge is -2.06. The van der Waals surface area contributed by atoms with Crippen LogP contribution in [0.15, 0.2) is 53.1 Å². The molecule has 134 valence electrons. The molecule has 1 N–H and O–H groups in total. The third-order valence-electron chi connectivity index (χ3n) is 3.78. The van der Waals surface area contributed by atoms with Gasteiger partial charge in [0, 0.05) is 17.7 Å². The van der Waals surface area contributed by atoms with Crippen LogP contribution in [0.3, 0.4) is 0 Å². The Labute approximate surface area is 152 Å². The van der Waals surface area contributed by atoms with Crippen LogP contribution in [0.4, 0.5) is 0 Å². The van der Waals surface area contributed by atoms with Gasteiger partial charge in [-0.15, -0.1) is 0 Å². The van der Waals surface area contributed by atoms with Crippen LogP contribution in [0.5, 0.6) is 5.75 Å². The zero-order valence-corrected chi connectivity index (χ0v) is 14.9. The second-order valence-electron chi connectivity index (χ2n) is 5.95. The summed E-state index contributed by atoms with van der Waals surface area (Å²) in [6, 6.07) is 15.1. The fraction of sp³-hybridized carbons (Fsp3) is 0.250. The first-order chi connectivity index (χ1) is 12.7. The number of carbonyl (C=O) groups is 1. The van der Waals surface area contributed by atoms with E-state index in [-0.39, 0.29) is 12.5 Å². The van der Waals surface area contributed by atoms with Crippen molar-refractivity contribution in [2.24, 2.45) is 0 Å². The molecule has 3 rings (SSSR count). The van der Waals surface area contributed by atoms with Gasteiger partial charge in [-0.2, -0.15) is 4.98 Å². The second kappa shape index (κ2) is 8.29. The van der Waals surface area contributed by atoms with Gasteiger partial charge in [-0.25, -0.2) is 0 Å². The Morgan fingerprint density at radius 1 is 1.08 bits per heavy atom. The van der Waals surface area contributed by atoms with Crippen molar-refractivity contribution in [1.82, 2.24) is 15.5 Å². The lowest BCUT2D eigenvalue weighted by molar-refractivity contribution is -0.123. The fourth-order valence-corrected chi connectivity index (χ4v) is 2.32. The quantitative estimate of drug-likeness (QED) is 0.703. The number of nitrogens with one attached hydrogen (secondary N) is 1. The molecule has 3 aromatic rings. The van der Waals surface area contributed by atoms with E-state index in [1.165, 1.54) is 5.56 Å². The molecule has 0 aliphatic heterocycles. The summed E-state index contributed by atoms with van der Waals surface area (Å²) in [4.78, 5) is 16.0. The van der Waals surface area contributed by atoms with Crippen LogP contribution in [0.25, 0.3) is 22.8 Å². The van der Waals surface area contributed by atoms with Crippen molar-refractivity contribution >= 4 is 5.91 Å². The number of hydrogen-bond acceptors (Lipinski definition) is 5. The number of amides is 1. The standard InChI is InChI=1S/C20H21N3O3/c1-3-12-21-18(24)13-25-17-10-8-16(9-11-17)20-22-19(23-26-20)15-6-4-14(2)5-7-15/h4-11H,3,12-13H2,1-2H3,(H,21,24). The van der Waals surface area contributed by atoms with Crippen molar-refractivity contribution in [3.63, 3.8) is 0 Å². The number of aromatic nitrogens is 2. The van der Waals surface area contributed by atoms with Gasteiger partial charge >= 0.3 is 0 Å². The van der Waals surface area contributed by atoms with E-state index >= 15 is 0 Å². The molecule has 0 aliphatic rings. The molecule has 2 aromatic carbocycles. The van der Waals surface area contributed by atoms with Gasteiger partial charge in [-0.1, -0.05) is 41.9 Å². The first kappa shape index (κ1) is 17.7. The first-order valence-electron chi connectivity index (χ1n) is 8.56. The van der Waals surface area contributed by atoms with E-state index in [1.54, 1.807) is 12.1 Å². The number of hydrogen-bond donors (Lipinski definition) is 1. The third-order valence-corrected chi connectivity index (χ3v) is 3.78. The van der Waals surface area contributed by atoms with Crippen molar-refractivity contribution in [1.29, 1.82) is 0 Å². The van der Waals surface area contributed by atoms with E-state index in [2.05, 4.69) is 15.5 Å². The minimum absolute atomic E-state index is 0.00250. The summed E-state index contributed by atoms with van der Waals surface area (Å²) in [5.74, 6) is 1.47. The summed E-state index contributed by atoms with van der Waals surface area (Å²) in [5.41, 5.74) is 2.87. The number of benzene rings is 2. The van der Waals surface area contributed by atoms with Crippen molar-refractivity contribution in [2.75, 3.05) is 13.2 Å². The summed E-state index contributed by atoms with van der Waals surface area (Å²) >= 11 is 0. The van der Waals surface area contributed by atoms with Gasteiger partial charge in [0.25, 0.3) is 11.8 Å².